The second-order valence-electron chi connectivity index (χ2n) is 14.0. The molecule has 0 unspecified atom stereocenters. The summed E-state index contributed by atoms with van der Waals surface area (Å²) in [6, 6.07) is 0. The molecule has 54 heavy (non-hydrogen) atoms. The number of ether oxygens (including phenoxy) is 5. The Hall–Kier alpha value is -5.12. The van der Waals surface area contributed by atoms with Crippen LogP contribution >= 0.6 is 0 Å². The molecule has 3 heterocycles. The fourth-order valence-electron chi connectivity index (χ4n) is 6.95. The quantitative estimate of drug-likeness (QED) is 0.322. The molecule has 1 aromatic carbocycles. The number of aromatic hydroxyl groups is 1. The number of hydrogen-bond acceptors (Lipinski definition) is 14. The van der Waals surface area contributed by atoms with E-state index < -0.39 is 117 Å². The Morgan fingerprint density at radius 3 is 2.15 bits per heavy atom. The smallest absolute Gasteiger partial charge is 0.344 e. The minimum absolute atomic E-state index is 0.0243. The molecule has 0 spiro atoms. The van der Waals surface area contributed by atoms with E-state index >= 15 is 0 Å². The number of rotatable bonds is 3. The van der Waals surface area contributed by atoms with Gasteiger partial charge in [-0.2, -0.15) is 0 Å². The van der Waals surface area contributed by atoms with Crippen molar-refractivity contribution in [2.24, 2.45) is 28.7 Å². The molecule has 15 nitrogen and oxygen atoms in total. The average Bonchev–Trinajstić information content (AvgIpc) is 3.39. The number of nitrogens with zero attached hydrogens (tertiary/aromatic N) is 1. The van der Waals surface area contributed by atoms with Gasteiger partial charge in [0.15, 0.2) is 0 Å². The van der Waals surface area contributed by atoms with Gasteiger partial charge in [-0.25, -0.2) is 9.79 Å². The number of allylic oxidation sites excluding steroid dienone is 2. The predicted molar refractivity (Wildman–Crippen MR) is 193 cm³/mol. The van der Waals surface area contributed by atoms with E-state index in [0.29, 0.717) is 0 Å². The molecule has 4 N–H and O–H groups in total. The number of phenolic OH excluding ortho intramolecular Hbond substituents is 1. The molecule has 0 saturated carbocycles. The molecule has 4 aliphatic rings. The van der Waals surface area contributed by atoms with Crippen LogP contribution in [0.5, 0.6) is 11.5 Å². The molecule has 0 saturated heterocycles. The number of carbonyl (C=O) groups is 5. The van der Waals surface area contributed by atoms with Gasteiger partial charge in [0.2, 0.25) is 5.78 Å². The standard InChI is InChI=1S/C39H47NO14/c1-16-12-11-13-17(2)37(48)40-28-27(38(49)51-10)32(45)24-25(33(28)46)31(44)21(6)35-26(24)36(47)39(8,54-35)52-15-14-23(50-9)18(3)34(53-22(7)41)20(5)30(43)19(4)29(16)42/h11-16,18-20,23,29-30,34,42-45H,1-10H3/b12-11+,15-14+,17-13+,40-28?/t16-,18+,19+,20+,23-,29-,30+,34+,39-/m0/s1. The van der Waals surface area contributed by atoms with E-state index in [0.717, 1.165) is 13.4 Å². The second-order valence-corrected chi connectivity index (χ2v) is 14.0. The Morgan fingerprint density at radius 2 is 1.56 bits per heavy atom. The number of amides is 1. The maximum Gasteiger partial charge on any atom is 0.344 e. The number of phenols is 1. The minimum atomic E-state index is -2.14. The Labute approximate surface area is 312 Å². The van der Waals surface area contributed by atoms with E-state index in [4.69, 9.17) is 23.7 Å². The number of ketones is 2. The second kappa shape index (κ2) is 16.1. The first kappa shape index (κ1) is 41.6. The van der Waals surface area contributed by atoms with E-state index in [9.17, 15) is 44.4 Å². The van der Waals surface area contributed by atoms with Gasteiger partial charge in [0.05, 0.1) is 42.8 Å². The summed E-state index contributed by atoms with van der Waals surface area (Å²) in [4.78, 5) is 70.7. The Morgan fingerprint density at radius 1 is 0.907 bits per heavy atom. The van der Waals surface area contributed by atoms with E-state index in [1.54, 1.807) is 33.8 Å². The highest BCUT2D eigenvalue weighted by molar-refractivity contribution is 6.60. The summed E-state index contributed by atoms with van der Waals surface area (Å²) in [5.74, 6) is -11.6. The van der Waals surface area contributed by atoms with Crippen molar-refractivity contribution >= 4 is 40.9 Å². The van der Waals surface area contributed by atoms with Crippen molar-refractivity contribution in [1.29, 1.82) is 0 Å². The summed E-state index contributed by atoms with van der Waals surface area (Å²) < 4.78 is 28.0. The van der Waals surface area contributed by atoms with Crippen LogP contribution in [0, 0.1) is 30.6 Å². The SMILES string of the molecule is COC(=O)C1=C(O)c2c3c(O)c(C)c4c2C(=O)[C@@](C)(O/C=C/[C@H](OC)[C@@H](C)[C@@H](OC(C)=O)[C@H](C)[C@H](O)[C@H](C)[C@@H](O)[C@@H](C)/C=C/C=C(\C)C(=O)N=C1C3=O)O4. The monoisotopic (exact) mass is 753 g/mol. The fourth-order valence-corrected chi connectivity index (χ4v) is 6.95. The zero-order chi connectivity index (χ0) is 40.6. The molecule has 3 aliphatic heterocycles. The zero-order valence-corrected chi connectivity index (χ0v) is 31.8. The third-order valence-corrected chi connectivity index (χ3v) is 10.3. The van der Waals surface area contributed by atoms with Crippen molar-refractivity contribution in [2.75, 3.05) is 14.2 Å². The van der Waals surface area contributed by atoms with E-state index in [2.05, 4.69) is 4.99 Å². The number of Topliss-reactive ketones (excluding diaryl/α,β-unsaturated/α-hetero) is 2. The number of aliphatic imine (C=N–C) groups is 1. The summed E-state index contributed by atoms with van der Waals surface area (Å²) in [5, 5.41) is 45.5. The van der Waals surface area contributed by atoms with Gasteiger partial charge in [-0.05, 0) is 19.9 Å². The van der Waals surface area contributed by atoms with Crippen molar-refractivity contribution in [3.8, 4) is 11.5 Å². The summed E-state index contributed by atoms with van der Waals surface area (Å²) in [5.41, 5.74) is -3.30. The van der Waals surface area contributed by atoms with Gasteiger partial charge in [0.1, 0.15) is 34.6 Å². The lowest BCUT2D eigenvalue weighted by molar-refractivity contribution is -0.160. The maximum absolute atomic E-state index is 14.1. The zero-order valence-electron chi connectivity index (χ0n) is 31.8. The lowest BCUT2D eigenvalue weighted by Gasteiger charge is -2.38. The minimum Gasteiger partial charge on any atom is -0.507 e. The van der Waals surface area contributed by atoms with E-state index in [-0.39, 0.29) is 22.4 Å². The number of esters is 2. The molecule has 1 amide bonds. The van der Waals surface area contributed by atoms with Gasteiger partial charge >= 0.3 is 17.7 Å². The lowest BCUT2D eigenvalue weighted by Crippen LogP contribution is -2.46. The van der Waals surface area contributed by atoms with Crippen LogP contribution < -0.4 is 4.74 Å². The molecule has 1 aromatic rings. The topological polar surface area (TPSA) is 225 Å². The highest BCUT2D eigenvalue weighted by Gasteiger charge is 2.53. The van der Waals surface area contributed by atoms with Gasteiger partial charge in [0, 0.05) is 61.3 Å². The third-order valence-electron chi connectivity index (χ3n) is 10.3. The van der Waals surface area contributed by atoms with Crippen LogP contribution in [0.25, 0.3) is 5.76 Å². The van der Waals surface area contributed by atoms with Crippen LogP contribution in [0.15, 0.2) is 46.7 Å². The van der Waals surface area contributed by atoms with E-state index in [1.807, 2.05) is 0 Å². The lowest BCUT2D eigenvalue weighted by atomic mass is 9.78. The summed E-state index contributed by atoms with van der Waals surface area (Å²) in [6.07, 6.45) is 2.91. The van der Waals surface area contributed by atoms with Crippen LogP contribution in [0.1, 0.15) is 80.3 Å². The number of hydrogen-bond donors (Lipinski definition) is 4. The molecule has 0 fully saturated rings. The van der Waals surface area contributed by atoms with Crippen LogP contribution in [-0.2, 0) is 33.3 Å². The van der Waals surface area contributed by atoms with Gasteiger partial charge in [-0.1, -0.05) is 45.9 Å². The Kier molecular flexibility index (Phi) is 12.4. The molecular formula is C39H47NO14. The molecule has 292 valence electrons. The first-order chi connectivity index (χ1) is 25.2. The van der Waals surface area contributed by atoms with E-state index in [1.165, 1.54) is 53.0 Å². The number of benzene rings is 1. The van der Waals surface area contributed by atoms with Crippen LogP contribution in [-0.4, -0.2) is 100.0 Å². The molecule has 9 atom stereocenters. The largest absolute Gasteiger partial charge is 0.507 e. The summed E-state index contributed by atoms with van der Waals surface area (Å²) in [7, 11) is 2.37. The third kappa shape index (κ3) is 7.48. The van der Waals surface area contributed by atoms with Crippen molar-refractivity contribution in [2.45, 2.75) is 85.6 Å². The van der Waals surface area contributed by atoms with Gasteiger partial charge in [-0.15, -0.1) is 0 Å². The number of aliphatic hydroxyl groups is 3. The Bertz CT molecular complexity index is 1900. The molecule has 5 bridgehead atoms. The average molecular weight is 754 g/mol. The first-order valence-corrected chi connectivity index (χ1v) is 17.3. The highest BCUT2D eigenvalue weighted by Crippen LogP contribution is 2.50. The molecular weight excluding hydrogens is 706 g/mol. The molecule has 5 rings (SSSR count). The van der Waals surface area contributed by atoms with Gasteiger partial charge < -0.3 is 44.1 Å². The van der Waals surface area contributed by atoms with Crippen LogP contribution in [0.3, 0.4) is 0 Å². The Balaban J connectivity index is 1.96. The van der Waals surface area contributed by atoms with Crippen LogP contribution in [0.2, 0.25) is 0 Å². The molecule has 1 aliphatic carbocycles. The van der Waals surface area contributed by atoms with Crippen molar-refractivity contribution in [1.82, 2.24) is 0 Å². The van der Waals surface area contributed by atoms with Crippen molar-refractivity contribution < 1.29 is 68.1 Å². The molecule has 0 aromatic heterocycles. The number of methoxy groups -OCH3 is 2. The number of fused-ring (bicyclic) bond motifs is 13. The number of aliphatic hydroxyl groups excluding tert-OH is 3. The predicted octanol–water partition coefficient (Wildman–Crippen LogP) is 3.86. The highest BCUT2D eigenvalue weighted by atomic mass is 16.7. The summed E-state index contributed by atoms with van der Waals surface area (Å²) in [6.45, 7) is 12.0. The van der Waals surface area contributed by atoms with Gasteiger partial charge in [0.25, 0.3) is 11.7 Å². The maximum atomic E-state index is 14.1. The van der Waals surface area contributed by atoms with Crippen molar-refractivity contribution in [3.05, 3.63) is 64.0 Å². The van der Waals surface area contributed by atoms with Gasteiger partial charge in [-0.3, -0.25) is 19.2 Å². The summed E-state index contributed by atoms with van der Waals surface area (Å²) >= 11 is 0. The first-order valence-electron chi connectivity index (χ1n) is 17.3. The molecule has 0 radical (unpaired) electrons. The normalized spacial score (nSPS) is 32.9. The van der Waals surface area contributed by atoms with Crippen molar-refractivity contribution in [3.63, 3.8) is 0 Å². The van der Waals surface area contributed by atoms with Crippen LogP contribution in [0.4, 0.5) is 0 Å². The molecule has 15 heteroatoms. The fraction of sp³-hybridized carbons (Fsp3) is 0.487. The number of carbonyl (C=O) groups excluding carboxylic acids is 5.